The Labute approximate surface area is 226 Å². The van der Waals surface area contributed by atoms with Gasteiger partial charge in [-0.2, -0.15) is 0 Å². The van der Waals surface area contributed by atoms with E-state index in [1.807, 2.05) is 7.05 Å². The van der Waals surface area contributed by atoms with Crippen LogP contribution in [-0.4, -0.2) is 87.2 Å². The Bertz CT molecular complexity index is 1340. The molecule has 1 saturated carbocycles. The number of nitrogens with zero attached hydrogens (tertiary/aromatic N) is 5. The number of aromatic hydroxyl groups is 1. The van der Waals surface area contributed by atoms with E-state index in [1.165, 1.54) is 21.6 Å². The van der Waals surface area contributed by atoms with Gasteiger partial charge in [0.2, 0.25) is 5.75 Å². The van der Waals surface area contributed by atoms with Gasteiger partial charge in [0.1, 0.15) is 17.2 Å². The van der Waals surface area contributed by atoms with Crippen LogP contribution in [0.1, 0.15) is 54.0 Å². The minimum atomic E-state index is -1.05. The average molecular weight is 540 g/mol. The molecule has 2 bridgehead atoms. The summed E-state index contributed by atoms with van der Waals surface area (Å²) in [6, 6.07) is 5.77. The van der Waals surface area contributed by atoms with Crippen molar-refractivity contribution in [1.29, 1.82) is 0 Å². The van der Waals surface area contributed by atoms with Crippen LogP contribution in [0.4, 0.5) is 4.39 Å². The Morgan fingerprint density at radius 2 is 1.74 bits per heavy atom. The van der Waals surface area contributed by atoms with Crippen LogP contribution in [0.3, 0.4) is 0 Å². The second-order valence-corrected chi connectivity index (χ2v) is 11.0. The summed E-state index contributed by atoms with van der Waals surface area (Å²) in [5, 5.41) is 10.7. The van der Waals surface area contributed by atoms with E-state index in [2.05, 4.69) is 9.88 Å². The van der Waals surface area contributed by atoms with Gasteiger partial charge in [0.15, 0.2) is 11.5 Å². The second kappa shape index (κ2) is 10.5. The molecule has 11 heteroatoms. The predicted molar refractivity (Wildman–Crippen MR) is 140 cm³/mol. The topological polar surface area (TPSA) is 116 Å². The summed E-state index contributed by atoms with van der Waals surface area (Å²) in [6.45, 7) is 2.60. The molecule has 0 unspecified atom stereocenters. The zero-order valence-corrected chi connectivity index (χ0v) is 22.4. The van der Waals surface area contributed by atoms with Crippen LogP contribution >= 0.6 is 0 Å². The van der Waals surface area contributed by atoms with Crippen molar-refractivity contribution in [2.45, 2.75) is 50.6 Å². The highest BCUT2D eigenvalue weighted by atomic mass is 19.1. The first-order valence-electron chi connectivity index (χ1n) is 13.5. The fourth-order valence-electron chi connectivity index (χ4n) is 6.08. The van der Waals surface area contributed by atoms with Gasteiger partial charge in [-0.1, -0.05) is 12.1 Å². The predicted octanol–water partition coefficient (Wildman–Crippen LogP) is 1.53. The van der Waals surface area contributed by atoms with Crippen LogP contribution in [-0.2, 0) is 28.1 Å². The van der Waals surface area contributed by atoms with Crippen molar-refractivity contribution in [3.8, 4) is 5.75 Å². The lowest BCUT2D eigenvalue weighted by Gasteiger charge is -2.44. The monoisotopic (exact) mass is 539 g/mol. The number of aryl methyl sites for hydroxylation is 1. The molecule has 2 amide bonds. The van der Waals surface area contributed by atoms with E-state index in [1.54, 1.807) is 24.1 Å². The number of rotatable bonds is 5. The van der Waals surface area contributed by atoms with Gasteiger partial charge in [-0.15, -0.1) is 0 Å². The summed E-state index contributed by atoms with van der Waals surface area (Å²) in [7, 11) is 3.54. The summed E-state index contributed by atoms with van der Waals surface area (Å²) in [5.74, 6) is -2.45. The number of carbonyl (C=O) groups excluding carboxylic acids is 3. The highest BCUT2D eigenvalue weighted by Gasteiger charge is 2.50. The number of hydrogen-bond donors (Lipinski definition) is 1. The fraction of sp³-hybridized carbons (Fsp3) is 0.536. The third-order valence-corrected chi connectivity index (χ3v) is 8.67. The van der Waals surface area contributed by atoms with Crippen molar-refractivity contribution >= 4 is 17.6 Å². The van der Waals surface area contributed by atoms with Crippen LogP contribution in [0.5, 0.6) is 5.75 Å². The lowest BCUT2D eigenvalue weighted by molar-refractivity contribution is -0.157. The number of ketones is 1. The van der Waals surface area contributed by atoms with Crippen LogP contribution in [0.15, 0.2) is 29.1 Å². The van der Waals surface area contributed by atoms with Crippen molar-refractivity contribution < 1.29 is 23.9 Å². The number of aromatic nitrogens is 2. The molecule has 4 heterocycles. The molecule has 3 aliphatic heterocycles. The molecule has 1 aromatic heterocycles. The Hall–Kier alpha value is -3.60. The van der Waals surface area contributed by atoms with Crippen LogP contribution in [0, 0.1) is 11.7 Å². The molecule has 1 aliphatic carbocycles. The largest absolute Gasteiger partial charge is 0.501 e. The SMILES string of the molecule is CN1CCN(C(=O)C(=O)N(C)C23CCC(CC2)Cn2c3nc(C(=O)CCc3ccc(F)cc3)c(O)c2=O)CC1. The molecule has 208 valence electrons. The van der Waals surface area contributed by atoms with Crippen LogP contribution in [0.25, 0.3) is 0 Å². The molecule has 0 spiro atoms. The molecule has 2 fully saturated rings. The summed E-state index contributed by atoms with van der Waals surface area (Å²) in [5.41, 5.74) is -1.36. The molecule has 39 heavy (non-hydrogen) atoms. The normalized spacial score (nSPS) is 22.7. The number of fused-ring (bicyclic) bond motifs is 2. The van der Waals surface area contributed by atoms with Gasteiger partial charge in [-0.3, -0.25) is 23.7 Å². The molecule has 0 atom stereocenters. The van der Waals surface area contributed by atoms with Gasteiger partial charge in [0, 0.05) is 46.2 Å². The van der Waals surface area contributed by atoms with Crippen molar-refractivity contribution in [2.75, 3.05) is 40.3 Å². The van der Waals surface area contributed by atoms with Crippen LogP contribution < -0.4 is 5.56 Å². The quantitative estimate of drug-likeness (QED) is 0.453. The Kier molecular flexibility index (Phi) is 7.28. The second-order valence-electron chi connectivity index (χ2n) is 11.0. The van der Waals surface area contributed by atoms with Gasteiger partial charge in [0.25, 0.3) is 5.56 Å². The maximum Gasteiger partial charge on any atom is 0.312 e. The van der Waals surface area contributed by atoms with Crippen LogP contribution in [0.2, 0.25) is 0 Å². The minimum absolute atomic E-state index is 0.0403. The maximum atomic E-state index is 13.5. The summed E-state index contributed by atoms with van der Waals surface area (Å²) >= 11 is 0. The van der Waals surface area contributed by atoms with Gasteiger partial charge >= 0.3 is 11.8 Å². The highest BCUT2D eigenvalue weighted by Crippen LogP contribution is 2.46. The molecule has 10 nitrogen and oxygen atoms in total. The number of amides is 2. The summed E-state index contributed by atoms with van der Waals surface area (Å²) in [4.78, 5) is 62.9. The number of Topliss-reactive ketones (excluding diaryl/α,β-unsaturated/α-hetero) is 1. The zero-order chi connectivity index (χ0) is 27.9. The third-order valence-electron chi connectivity index (χ3n) is 8.67. The van der Waals surface area contributed by atoms with Crippen molar-refractivity contribution in [3.63, 3.8) is 0 Å². The molecule has 6 rings (SSSR count). The number of likely N-dealkylation sites (N-methyl/N-ethyl adjacent to an activating group) is 2. The first kappa shape index (κ1) is 27.0. The first-order valence-corrected chi connectivity index (χ1v) is 13.5. The van der Waals surface area contributed by atoms with E-state index < -0.39 is 34.4 Å². The molecular formula is C28H34FN5O5. The van der Waals surface area contributed by atoms with Gasteiger partial charge in [0.05, 0.1) is 0 Å². The van der Waals surface area contributed by atoms with E-state index in [4.69, 9.17) is 0 Å². The van der Waals surface area contributed by atoms with Crippen molar-refractivity contribution in [3.05, 3.63) is 57.5 Å². The van der Waals surface area contributed by atoms with Crippen molar-refractivity contribution in [1.82, 2.24) is 24.3 Å². The fourth-order valence-corrected chi connectivity index (χ4v) is 6.08. The first-order chi connectivity index (χ1) is 18.6. The smallest absolute Gasteiger partial charge is 0.312 e. The third kappa shape index (κ3) is 4.95. The molecule has 1 saturated heterocycles. The maximum absolute atomic E-state index is 13.5. The zero-order valence-electron chi connectivity index (χ0n) is 22.4. The lowest BCUT2D eigenvalue weighted by Crippen LogP contribution is -2.57. The summed E-state index contributed by atoms with van der Waals surface area (Å²) < 4.78 is 14.6. The lowest BCUT2D eigenvalue weighted by atomic mass is 9.76. The molecular weight excluding hydrogens is 505 g/mol. The van der Waals surface area contributed by atoms with E-state index >= 15 is 0 Å². The average Bonchev–Trinajstić information content (AvgIpc) is 3.21. The van der Waals surface area contributed by atoms with Gasteiger partial charge < -0.3 is 19.8 Å². The van der Waals surface area contributed by atoms with Crippen molar-refractivity contribution in [2.24, 2.45) is 5.92 Å². The minimum Gasteiger partial charge on any atom is -0.501 e. The molecule has 1 N–H and O–H groups in total. The number of benzene rings is 1. The number of carbonyl (C=O) groups is 3. The Balaban J connectivity index is 1.47. The highest BCUT2D eigenvalue weighted by molar-refractivity contribution is 6.35. The number of halogens is 1. The van der Waals surface area contributed by atoms with E-state index in [-0.39, 0.29) is 36.1 Å². The standard InChI is InChI=1S/C28H34FN5O5/c1-31-13-15-33(16-14-31)26(39)25(38)32(2)28-11-9-19(10-12-28)17-34-24(37)23(36)22(30-27(28)34)21(35)8-5-18-3-6-20(29)7-4-18/h3-4,6-7,19,36H,5,8-17H2,1-2H3. The van der Waals surface area contributed by atoms with E-state index in [0.29, 0.717) is 45.6 Å². The molecule has 4 aliphatic rings. The van der Waals surface area contributed by atoms with Gasteiger partial charge in [-0.25, -0.2) is 9.37 Å². The number of piperazine rings is 1. The molecule has 2 aromatic rings. The molecule has 1 aromatic carbocycles. The van der Waals surface area contributed by atoms with E-state index in [0.717, 1.165) is 18.4 Å². The van der Waals surface area contributed by atoms with E-state index in [9.17, 15) is 28.7 Å². The Morgan fingerprint density at radius 1 is 1.10 bits per heavy atom. The van der Waals surface area contributed by atoms with Gasteiger partial charge in [-0.05, 0) is 62.8 Å². The summed E-state index contributed by atoms with van der Waals surface area (Å²) in [6.07, 6.45) is 2.67. The molecule has 0 radical (unpaired) electrons. The Morgan fingerprint density at radius 3 is 2.38 bits per heavy atom. The number of hydrogen-bond acceptors (Lipinski definition) is 7.